The number of pyridine rings is 2. The molecule has 0 N–H and O–H groups in total. The molecule has 0 bridgehead atoms. The van der Waals surface area contributed by atoms with Crippen LogP contribution in [0.4, 0.5) is 0 Å². The van der Waals surface area contributed by atoms with E-state index in [0.717, 1.165) is 46.4 Å². The third-order valence-electron chi connectivity index (χ3n) is 6.42. The largest absolute Gasteiger partial charge is 0.496 e. The summed E-state index contributed by atoms with van der Waals surface area (Å²) in [6.07, 6.45) is 3.20. The molecule has 3 aromatic heterocycles. The lowest BCUT2D eigenvalue weighted by molar-refractivity contribution is -0.130. The van der Waals surface area contributed by atoms with Crippen molar-refractivity contribution < 1.29 is 9.53 Å². The van der Waals surface area contributed by atoms with E-state index in [0.29, 0.717) is 18.6 Å². The van der Waals surface area contributed by atoms with E-state index in [2.05, 4.69) is 4.98 Å². The molecule has 1 aliphatic heterocycles. The topological polar surface area (TPSA) is 82.2 Å². The summed E-state index contributed by atoms with van der Waals surface area (Å²) in [5.41, 5.74) is 4.53. The number of hydrogen-bond donors (Lipinski definition) is 0. The molecule has 1 aliphatic rings. The summed E-state index contributed by atoms with van der Waals surface area (Å²) in [7, 11) is 3.41. The van der Waals surface area contributed by atoms with Crippen molar-refractivity contribution in [3.05, 3.63) is 53.1 Å². The molecule has 8 heteroatoms. The maximum atomic E-state index is 13.3. The van der Waals surface area contributed by atoms with E-state index in [1.165, 1.54) is 0 Å². The van der Waals surface area contributed by atoms with Crippen molar-refractivity contribution in [3.8, 4) is 17.0 Å². The van der Waals surface area contributed by atoms with Gasteiger partial charge in [-0.2, -0.15) is 0 Å². The lowest BCUT2D eigenvalue weighted by Crippen LogP contribution is -2.39. The third-order valence-corrected chi connectivity index (χ3v) is 6.42. The molecular weight excluding hydrogens is 406 g/mol. The standard InChI is InChI=1S/C24H25N5O3/c1-15(30)28-12-10-16(11-13-28)29-23-20(27(2)24(29)31)14-25-19-9-8-18(26-22(19)23)17-6-4-5-7-21(17)32-3/h4-9,14,16H,10-13H2,1-3H3. The Balaban J connectivity index is 1.71. The number of fused-ring (bicyclic) bond motifs is 3. The number of aromatic nitrogens is 4. The first-order valence-corrected chi connectivity index (χ1v) is 10.7. The zero-order chi connectivity index (χ0) is 22.4. The van der Waals surface area contributed by atoms with Crippen LogP contribution in [0.25, 0.3) is 33.3 Å². The number of carbonyl (C=O) groups is 1. The number of benzene rings is 1. The molecule has 1 fully saturated rings. The molecule has 0 atom stereocenters. The summed E-state index contributed by atoms with van der Waals surface area (Å²) in [5, 5.41) is 0. The molecule has 32 heavy (non-hydrogen) atoms. The predicted octanol–water partition coefficient (Wildman–Crippen LogP) is 3.14. The Labute approximate surface area is 185 Å². The number of methoxy groups -OCH3 is 1. The van der Waals surface area contributed by atoms with Crippen molar-refractivity contribution in [1.29, 1.82) is 0 Å². The van der Waals surface area contributed by atoms with Crippen LogP contribution in [-0.4, -0.2) is 50.1 Å². The second kappa shape index (κ2) is 7.78. The number of imidazole rings is 1. The van der Waals surface area contributed by atoms with Gasteiger partial charge in [0.15, 0.2) is 0 Å². The summed E-state index contributed by atoms with van der Waals surface area (Å²) >= 11 is 0. The monoisotopic (exact) mass is 431 g/mol. The molecular formula is C24H25N5O3. The molecule has 5 rings (SSSR count). The highest BCUT2D eigenvalue weighted by atomic mass is 16.5. The molecule has 1 amide bonds. The Morgan fingerprint density at radius 3 is 2.59 bits per heavy atom. The number of rotatable bonds is 3. The Hall–Kier alpha value is -3.68. The Kier molecular flexibility index (Phi) is 4.92. The average Bonchev–Trinajstić information content (AvgIpc) is 3.09. The van der Waals surface area contributed by atoms with Gasteiger partial charge in [0, 0.05) is 38.7 Å². The molecule has 0 aliphatic carbocycles. The van der Waals surface area contributed by atoms with E-state index in [9.17, 15) is 9.59 Å². The lowest BCUT2D eigenvalue weighted by Gasteiger charge is -2.31. The van der Waals surface area contributed by atoms with Crippen molar-refractivity contribution in [2.24, 2.45) is 7.05 Å². The van der Waals surface area contributed by atoms with Crippen molar-refractivity contribution >= 4 is 28.0 Å². The summed E-state index contributed by atoms with van der Waals surface area (Å²) in [6, 6.07) is 11.6. The van der Waals surface area contributed by atoms with E-state index in [-0.39, 0.29) is 17.6 Å². The van der Waals surface area contributed by atoms with Gasteiger partial charge in [-0.15, -0.1) is 0 Å². The highest BCUT2D eigenvalue weighted by Gasteiger charge is 2.27. The summed E-state index contributed by atoms with van der Waals surface area (Å²) < 4.78 is 9.02. The van der Waals surface area contributed by atoms with E-state index in [1.54, 1.807) is 31.8 Å². The number of amides is 1. The maximum Gasteiger partial charge on any atom is 0.329 e. The second-order valence-electron chi connectivity index (χ2n) is 8.21. The highest BCUT2D eigenvalue weighted by molar-refractivity contribution is 6.00. The van der Waals surface area contributed by atoms with Gasteiger partial charge >= 0.3 is 5.69 Å². The first-order valence-electron chi connectivity index (χ1n) is 10.7. The van der Waals surface area contributed by atoms with Crippen LogP contribution in [-0.2, 0) is 11.8 Å². The van der Waals surface area contributed by atoms with Gasteiger partial charge in [0.1, 0.15) is 11.3 Å². The van der Waals surface area contributed by atoms with Crippen molar-refractivity contribution in [2.75, 3.05) is 20.2 Å². The van der Waals surface area contributed by atoms with Crippen molar-refractivity contribution in [2.45, 2.75) is 25.8 Å². The minimum atomic E-state index is -0.0833. The fourth-order valence-corrected chi connectivity index (χ4v) is 4.67. The molecule has 0 spiro atoms. The number of likely N-dealkylation sites (tertiary alicyclic amines) is 1. The van der Waals surface area contributed by atoms with Gasteiger partial charge in [0.05, 0.1) is 35.6 Å². The number of ether oxygens (including phenoxy) is 1. The number of hydrogen-bond acceptors (Lipinski definition) is 5. The third kappa shape index (κ3) is 3.14. The minimum absolute atomic E-state index is 0.00381. The Bertz CT molecular complexity index is 1400. The summed E-state index contributed by atoms with van der Waals surface area (Å²) in [4.78, 5) is 36.4. The SMILES string of the molecule is COc1ccccc1-c1ccc2ncc3c(c2n1)n(C1CCN(C(C)=O)CC1)c(=O)n3C. The van der Waals surface area contributed by atoms with E-state index >= 15 is 0 Å². The van der Waals surface area contributed by atoms with E-state index in [4.69, 9.17) is 9.72 Å². The normalized spacial score (nSPS) is 14.9. The molecule has 8 nitrogen and oxygen atoms in total. The van der Waals surface area contributed by atoms with E-state index < -0.39 is 0 Å². The molecule has 4 heterocycles. The predicted molar refractivity (Wildman–Crippen MR) is 123 cm³/mol. The number of piperidine rings is 1. The van der Waals surface area contributed by atoms with Gasteiger partial charge in [-0.3, -0.25) is 18.9 Å². The van der Waals surface area contributed by atoms with Crippen LogP contribution in [0, 0.1) is 0 Å². The van der Waals surface area contributed by atoms with E-state index in [1.807, 2.05) is 45.9 Å². The van der Waals surface area contributed by atoms with Crippen LogP contribution in [0.2, 0.25) is 0 Å². The summed E-state index contributed by atoms with van der Waals surface area (Å²) in [5.74, 6) is 0.813. The molecule has 164 valence electrons. The van der Waals surface area contributed by atoms with Gasteiger partial charge in [0.25, 0.3) is 0 Å². The maximum absolute atomic E-state index is 13.3. The van der Waals surface area contributed by atoms with Gasteiger partial charge in [0.2, 0.25) is 5.91 Å². The van der Waals surface area contributed by atoms with Crippen molar-refractivity contribution in [3.63, 3.8) is 0 Å². The lowest BCUT2D eigenvalue weighted by atomic mass is 10.0. The fourth-order valence-electron chi connectivity index (χ4n) is 4.67. The molecule has 4 aromatic rings. The van der Waals surface area contributed by atoms with Gasteiger partial charge in [-0.1, -0.05) is 12.1 Å². The number of aryl methyl sites for hydroxylation is 1. The number of para-hydroxylation sites is 1. The van der Waals surface area contributed by atoms with Crippen LogP contribution < -0.4 is 10.4 Å². The quantitative estimate of drug-likeness (QED) is 0.498. The smallest absolute Gasteiger partial charge is 0.329 e. The molecule has 0 radical (unpaired) electrons. The first kappa shape index (κ1) is 20.2. The Morgan fingerprint density at radius 2 is 1.88 bits per heavy atom. The number of nitrogens with zero attached hydrogens (tertiary/aromatic N) is 5. The molecule has 1 aromatic carbocycles. The molecule has 0 unspecified atom stereocenters. The second-order valence-corrected chi connectivity index (χ2v) is 8.21. The van der Waals surface area contributed by atoms with Crippen LogP contribution >= 0.6 is 0 Å². The minimum Gasteiger partial charge on any atom is -0.496 e. The van der Waals surface area contributed by atoms with Crippen LogP contribution in [0.5, 0.6) is 5.75 Å². The Morgan fingerprint density at radius 1 is 1.12 bits per heavy atom. The van der Waals surface area contributed by atoms with Gasteiger partial charge in [-0.05, 0) is 37.1 Å². The van der Waals surface area contributed by atoms with Crippen LogP contribution in [0.15, 0.2) is 47.4 Å². The van der Waals surface area contributed by atoms with Crippen LogP contribution in [0.1, 0.15) is 25.8 Å². The van der Waals surface area contributed by atoms with Crippen LogP contribution in [0.3, 0.4) is 0 Å². The fraction of sp³-hybridized carbons (Fsp3) is 0.333. The first-order chi connectivity index (χ1) is 15.5. The number of carbonyl (C=O) groups excluding carboxylic acids is 1. The van der Waals surface area contributed by atoms with Crippen molar-refractivity contribution in [1.82, 2.24) is 24.0 Å². The zero-order valence-electron chi connectivity index (χ0n) is 18.4. The summed E-state index contributed by atoms with van der Waals surface area (Å²) in [6.45, 7) is 2.88. The average molecular weight is 431 g/mol. The molecule has 1 saturated heterocycles. The highest BCUT2D eigenvalue weighted by Crippen LogP contribution is 2.32. The zero-order valence-corrected chi connectivity index (χ0v) is 18.4. The molecule has 0 saturated carbocycles. The van der Waals surface area contributed by atoms with Gasteiger partial charge in [-0.25, -0.2) is 9.78 Å². The van der Waals surface area contributed by atoms with Gasteiger partial charge < -0.3 is 9.64 Å².